The Bertz CT molecular complexity index is 34.1. The topological polar surface area (TPSA) is 0 Å². The highest BCUT2D eigenvalue weighted by atomic mass is 35.7. The van der Waals surface area contributed by atoms with Gasteiger partial charge in [-0.15, -0.1) is 11.6 Å². The molecule has 4 heteroatoms. The van der Waals surface area contributed by atoms with Crippen LogP contribution in [0.25, 0.3) is 0 Å². The van der Waals surface area contributed by atoms with Gasteiger partial charge < -0.3 is 0 Å². The van der Waals surface area contributed by atoms with E-state index in [9.17, 15) is 0 Å². The van der Waals surface area contributed by atoms with Gasteiger partial charge in [0.05, 0.1) is 0 Å². The molecule has 0 aromatic heterocycles. The molecule has 38 valence electrons. The molecule has 0 amide bonds. The summed E-state index contributed by atoms with van der Waals surface area (Å²) in [5.41, 5.74) is 0. The summed E-state index contributed by atoms with van der Waals surface area (Å²) >= 11 is 16.1. The second kappa shape index (κ2) is 4.25. The molecule has 0 aromatic rings. The standard InChI is InChI=1S/C2H5Cl3Si/c3-1-2-6(4)5/h6H,1-2H2/p+1. The summed E-state index contributed by atoms with van der Waals surface area (Å²) in [6.07, 6.45) is 0. The lowest BCUT2D eigenvalue weighted by Crippen LogP contribution is -1.90. The average Bonchev–Trinajstić information content (AvgIpc) is 1.35. The molecule has 0 aromatic carbocycles. The smallest absolute Gasteiger partial charge is 0.150 e. The maximum Gasteiger partial charge on any atom is 1.00 e. The van der Waals surface area contributed by atoms with E-state index in [1.165, 1.54) is 0 Å². The number of hydrogen-bond acceptors (Lipinski definition) is 0. The summed E-state index contributed by atoms with van der Waals surface area (Å²) in [4.78, 5) is 0. The van der Waals surface area contributed by atoms with E-state index >= 15 is 0 Å². The molecule has 0 N–H and O–H groups in total. The van der Waals surface area contributed by atoms with Crippen molar-refractivity contribution in [1.29, 1.82) is 0 Å². The zero-order valence-corrected chi connectivity index (χ0v) is 6.55. The van der Waals surface area contributed by atoms with Crippen LogP contribution in [0.4, 0.5) is 0 Å². The summed E-state index contributed by atoms with van der Waals surface area (Å²) in [6.45, 7) is 0. The summed E-state index contributed by atoms with van der Waals surface area (Å²) < 4.78 is 0. The molecule has 0 nitrogen and oxygen atoms in total. The van der Waals surface area contributed by atoms with E-state index in [2.05, 4.69) is 0 Å². The summed E-state index contributed by atoms with van der Waals surface area (Å²) in [6, 6.07) is 0.810. The Labute approximate surface area is 54.9 Å². The quantitative estimate of drug-likeness (QED) is 0.333. The normalized spacial score (nSPS) is 10.0. The van der Waals surface area contributed by atoms with Gasteiger partial charge in [-0.2, -0.15) is 22.2 Å². The summed E-state index contributed by atoms with van der Waals surface area (Å²) in [5.74, 6) is 0.601. The fourth-order valence-corrected chi connectivity index (χ4v) is 2.23. The van der Waals surface area contributed by atoms with E-state index in [0.29, 0.717) is 5.88 Å². The summed E-state index contributed by atoms with van der Waals surface area (Å²) in [7, 11) is -1.36. The molecule has 6 heavy (non-hydrogen) atoms. The second-order valence-electron chi connectivity index (χ2n) is 0.869. The van der Waals surface area contributed by atoms with Crippen LogP contribution in [0.5, 0.6) is 0 Å². The minimum absolute atomic E-state index is 0. The molecule has 0 heterocycles. The first-order valence-electron chi connectivity index (χ1n) is 1.61. The van der Waals surface area contributed by atoms with Gasteiger partial charge in [0.15, 0.2) is 0 Å². The maximum atomic E-state index is 5.40. The molecule has 0 rings (SSSR count). The van der Waals surface area contributed by atoms with Crippen molar-refractivity contribution in [2.75, 3.05) is 5.88 Å². The highest BCUT2D eigenvalue weighted by molar-refractivity contribution is 7.33. The molecular formula is C2H6Cl3Si+. The molecule has 0 saturated carbocycles. The van der Waals surface area contributed by atoms with Crippen LogP contribution in [-0.2, 0) is 0 Å². The van der Waals surface area contributed by atoms with Crippen LogP contribution < -0.4 is 0 Å². The van der Waals surface area contributed by atoms with Crippen molar-refractivity contribution in [1.82, 2.24) is 0 Å². The third kappa shape index (κ3) is 5.09. The van der Waals surface area contributed by atoms with Crippen molar-refractivity contribution >= 4 is 41.2 Å². The Hall–Kier alpha value is 1.09. The molecule has 0 saturated heterocycles. The van der Waals surface area contributed by atoms with Crippen LogP contribution in [0.2, 0.25) is 6.04 Å². The van der Waals surface area contributed by atoms with Crippen LogP contribution in [0.1, 0.15) is 1.43 Å². The van der Waals surface area contributed by atoms with Gasteiger partial charge in [0.2, 0.25) is 7.42 Å². The zero-order valence-electron chi connectivity index (χ0n) is 4.13. The molecule has 0 bridgehead atoms. The molecule has 0 aliphatic heterocycles. The van der Waals surface area contributed by atoms with Gasteiger partial charge in [-0.1, -0.05) is 0 Å². The molecule has 0 aliphatic rings. The van der Waals surface area contributed by atoms with Gasteiger partial charge in [0.25, 0.3) is 0 Å². The van der Waals surface area contributed by atoms with E-state index < -0.39 is 7.42 Å². The first-order valence-corrected chi connectivity index (χ1v) is 6.45. The molecule has 0 aliphatic carbocycles. The van der Waals surface area contributed by atoms with E-state index in [1.54, 1.807) is 0 Å². The number of alkyl halides is 1. The van der Waals surface area contributed by atoms with Crippen LogP contribution in [0.3, 0.4) is 0 Å². The largest absolute Gasteiger partial charge is 1.00 e. The fraction of sp³-hybridized carbons (Fsp3) is 1.00. The van der Waals surface area contributed by atoms with Gasteiger partial charge >= 0.3 is 1.43 Å². The maximum absolute atomic E-state index is 5.40. The van der Waals surface area contributed by atoms with Gasteiger partial charge in [0.1, 0.15) is 0 Å². The minimum atomic E-state index is -1.36. The van der Waals surface area contributed by atoms with E-state index in [-0.39, 0.29) is 1.43 Å². The summed E-state index contributed by atoms with van der Waals surface area (Å²) in [5, 5.41) is 0. The lowest BCUT2D eigenvalue weighted by atomic mass is 11.0. The molecule has 0 fully saturated rings. The first-order chi connectivity index (χ1) is 2.77. The molecule has 0 spiro atoms. The Kier molecular flexibility index (Phi) is 5.02. The van der Waals surface area contributed by atoms with Crippen molar-refractivity contribution in [3.05, 3.63) is 0 Å². The highest BCUT2D eigenvalue weighted by Crippen LogP contribution is 2.02. The molecule has 0 radical (unpaired) electrons. The van der Waals surface area contributed by atoms with Crippen molar-refractivity contribution < 1.29 is 1.43 Å². The van der Waals surface area contributed by atoms with Crippen molar-refractivity contribution in [3.63, 3.8) is 0 Å². The fourth-order valence-electron chi connectivity index (χ4n) is 0.0825. The minimum Gasteiger partial charge on any atom is -0.150 e. The van der Waals surface area contributed by atoms with Crippen LogP contribution >= 0.6 is 33.8 Å². The van der Waals surface area contributed by atoms with Crippen LogP contribution in [0.15, 0.2) is 0 Å². The number of rotatable bonds is 2. The van der Waals surface area contributed by atoms with Gasteiger partial charge in [-0.3, -0.25) is 0 Å². The molecule has 0 atom stereocenters. The predicted octanol–water partition coefficient (Wildman–Crippen LogP) is 2.04. The van der Waals surface area contributed by atoms with Crippen molar-refractivity contribution in [2.45, 2.75) is 6.04 Å². The Morgan fingerprint density at radius 1 is 1.50 bits per heavy atom. The van der Waals surface area contributed by atoms with Crippen molar-refractivity contribution in [2.24, 2.45) is 0 Å². The van der Waals surface area contributed by atoms with Gasteiger partial charge in [0, 0.05) is 5.88 Å². The van der Waals surface area contributed by atoms with E-state index in [4.69, 9.17) is 33.8 Å². The zero-order chi connectivity index (χ0) is 4.99. The number of hydrogen-bond donors (Lipinski definition) is 0. The van der Waals surface area contributed by atoms with Crippen LogP contribution in [0, 0.1) is 0 Å². The van der Waals surface area contributed by atoms with E-state index in [0.717, 1.165) is 6.04 Å². The second-order valence-corrected chi connectivity index (χ2v) is 6.44. The lowest BCUT2D eigenvalue weighted by Gasteiger charge is -1.86. The number of halogens is 3. The Balaban J connectivity index is 0. The average molecular weight is 165 g/mol. The van der Waals surface area contributed by atoms with Crippen molar-refractivity contribution in [3.8, 4) is 0 Å². The molecular weight excluding hydrogens is 158 g/mol. The Morgan fingerprint density at radius 2 is 2.00 bits per heavy atom. The Morgan fingerprint density at radius 3 is 2.00 bits per heavy atom. The predicted molar refractivity (Wildman–Crippen MR) is 35.5 cm³/mol. The monoisotopic (exact) mass is 163 g/mol. The SMILES string of the molecule is ClCC[SiH](Cl)Cl.[H+]. The first kappa shape index (κ1) is 7.09. The highest BCUT2D eigenvalue weighted by Gasteiger charge is 1.96. The van der Waals surface area contributed by atoms with Crippen LogP contribution in [-0.4, -0.2) is 13.3 Å². The third-order valence-corrected chi connectivity index (χ3v) is 2.95. The van der Waals surface area contributed by atoms with Gasteiger partial charge in [-0.05, 0) is 6.04 Å². The third-order valence-electron chi connectivity index (χ3n) is 0.327. The van der Waals surface area contributed by atoms with E-state index in [1.807, 2.05) is 0 Å². The van der Waals surface area contributed by atoms with Gasteiger partial charge in [-0.25, -0.2) is 0 Å². The lowest BCUT2D eigenvalue weighted by molar-refractivity contribution is 1.48. The molecule has 0 unspecified atom stereocenters.